The number of carbonyl (C=O) groups excluding carboxylic acids is 1. The van der Waals surface area contributed by atoms with Gasteiger partial charge < -0.3 is 11.5 Å². The second-order valence-electron chi connectivity index (χ2n) is 3.55. The highest BCUT2D eigenvalue weighted by atomic mass is 16.1. The first-order valence-corrected chi connectivity index (χ1v) is 5.27. The molecule has 0 rings (SSSR count). The SMILES string of the molecule is CCCCC(CC)/C(N)=C(/C#N)C(N)=O. The van der Waals surface area contributed by atoms with Crippen LogP contribution in [0.25, 0.3) is 0 Å². The minimum atomic E-state index is -0.732. The van der Waals surface area contributed by atoms with Gasteiger partial charge in [-0.05, 0) is 18.8 Å². The van der Waals surface area contributed by atoms with Crippen molar-refractivity contribution in [1.82, 2.24) is 0 Å². The van der Waals surface area contributed by atoms with Gasteiger partial charge in [0, 0.05) is 5.70 Å². The van der Waals surface area contributed by atoms with E-state index in [-0.39, 0.29) is 11.5 Å². The molecule has 84 valence electrons. The molecule has 0 aromatic heterocycles. The summed E-state index contributed by atoms with van der Waals surface area (Å²) in [5.74, 6) is -0.642. The molecule has 0 heterocycles. The molecule has 0 saturated heterocycles. The molecule has 4 N–H and O–H groups in total. The van der Waals surface area contributed by atoms with E-state index in [4.69, 9.17) is 16.7 Å². The fraction of sp³-hybridized carbons (Fsp3) is 0.636. The first kappa shape index (κ1) is 13.5. The molecule has 0 aliphatic rings. The molecule has 0 fully saturated rings. The minimum absolute atomic E-state index is 0.0852. The van der Waals surface area contributed by atoms with Gasteiger partial charge in [-0.2, -0.15) is 5.26 Å². The Balaban J connectivity index is 4.81. The number of primary amides is 1. The van der Waals surface area contributed by atoms with E-state index in [1.807, 2.05) is 6.92 Å². The molecule has 0 aromatic rings. The number of nitriles is 1. The third-order valence-electron chi connectivity index (χ3n) is 2.49. The van der Waals surface area contributed by atoms with Crippen LogP contribution in [0, 0.1) is 17.2 Å². The molecule has 4 nitrogen and oxygen atoms in total. The standard InChI is InChI=1S/C11H19N3O/c1-3-5-6-8(4-2)10(13)9(7-12)11(14)15/h8H,3-6,13H2,1-2H3,(H2,14,15)/b10-9+. The van der Waals surface area contributed by atoms with Crippen LogP contribution in [-0.4, -0.2) is 5.91 Å². The van der Waals surface area contributed by atoms with Crippen molar-refractivity contribution >= 4 is 5.91 Å². The topological polar surface area (TPSA) is 92.9 Å². The first-order chi connectivity index (χ1) is 7.08. The van der Waals surface area contributed by atoms with Crippen molar-refractivity contribution in [3.8, 4) is 6.07 Å². The Kier molecular flexibility index (Phi) is 6.19. The van der Waals surface area contributed by atoms with Crippen molar-refractivity contribution in [2.45, 2.75) is 39.5 Å². The van der Waals surface area contributed by atoms with Crippen LogP contribution in [0.1, 0.15) is 39.5 Å². The molecule has 0 spiro atoms. The van der Waals surface area contributed by atoms with Crippen molar-refractivity contribution < 1.29 is 4.79 Å². The molecule has 1 atom stereocenters. The Bertz CT molecular complexity index is 289. The Morgan fingerprint density at radius 2 is 2.00 bits per heavy atom. The number of carbonyl (C=O) groups is 1. The van der Waals surface area contributed by atoms with Gasteiger partial charge in [-0.1, -0.05) is 26.7 Å². The van der Waals surface area contributed by atoms with E-state index >= 15 is 0 Å². The Morgan fingerprint density at radius 1 is 1.40 bits per heavy atom. The number of unbranched alkanes of at least 4 members (excludes halogenated alkanes) is 1. The maximum atomic E-state index is 10.9. The van der Waals surface area contributed by atoms with Crippen LogP contribution in [0.15, 0.2) is 11.3 Å². The number of hydrogen-bond acceptors (Lipinski definition) is 3. The van der Waals surface area contributed by atoms with Crippen LogP contribution in [0.2, 0.25) is 0 Å². The van der Waals surface area contributed by atoms with Crippen LogP contribution in [0.5, 0.6) is 0 Å². The van der Waals surface area contributed by atoms with Crippen LogP contribution in [0.4, 0.5) is 0 Å². The second-order valence-corrected chi connectivity index (χ2v) is 3.55. The van der Waals surface area contributed by atoms with E-state index in [0.29, 0.717) is 5.70 Å². The molecule has 1 amide bonds. The van der Waals surface area contributed by atoms with Crippen LogP contribution in [-0.2, 0) is 4.79 Å². The molecule has 1 unspecified atom stereocenters. The molecular weight excluding hydrogens is 190 g/mol. The van der Waals surface area contributed by atoms with Gasteiger partial charge in [-0.25, -0.2) is 0 Å². The van der Waals surface area contributed by atoms with Crippen molar-refractivity contribution in [3.05, 3.63) is 11.3 Å². The van der Waals surface area contributed by atoms with Gasteiger partial charge in [0.2, 0.25) is 0 Å². The molecule has 15 heavy (non-hydrogen) atoms. The quantitative estimate of drug-likeness (QED) is 0.511. The third kappa shape index (κ3) is 4.03. The third-order valence-corrected chi connectivity index (χ3v) is 2.49. The maximum absolute atomic E-state index is 10.9. The summed E-state index contributed by atoms with van der Waals surface area (Å²) < 4.78 is 0. The van der Waals surface area contributed by atoms with E-state index in [2.05, 4.69) is 6.92 Å². The summed E-state index contributed by atoms with van der Waals surface area (Å²) in [4.78, 5) is 10.9. The summed E-state index contributed by atoms with van der Waals surface area (Å²) in [5, 5.41) is 8.75. The predicted molar refractivity (Wildman–Crippen MR) is 59.3 cm³/mol. The number of amides is 1. The average Bonchev–Trinajstić information content (AvgIpc) is 2.19. The summed E-state index contributed by atoms with van der Waals surface area (Å²) in [5.41, 5.74) is 11.1. The van der Waals surface area contributed by atoms with Crippen molar-refractivity contribution in [1.29, 1.82) is 5.26 Å². The lowest BCUT2D eigenvalue weighted by atomic mass is 9.93. The van der Waals surface area contributed by atoms with Crippen LogP contribution in [0.3, 0.4) is 0 Å². The molecule has 0 aliphatic heterocycles. The van der Waals surface area contributed by atoms with Gasteiger partial charge in [-0.15, -0.1) is 0 Å². The second kappa shape index (κ2) is 6.88. The Morgan fingerprint density at radius 3 is 2.33 bits per heavy atom. The highest BCUT2D eigenvalue weighted by Crippen LogP contribution is 2.20. The summed E-state index contributed by atoms with van der Waals surface area (Å²) in [6.45, 7) is 4.08. The van der Waals surface area contributed by atoms with E-state index in [0.717, 1.165) is 25.7 Å². The first-order valence-electron chi connectivity index (χ1n) is 5.27. The largest absolute Gasteiger partial charge is 0.401 e. The summed E-state index contributed by atoms with van der Waals surface area (Å²) in [6, 6.07) is 1.77. The zero-order chi connectivity index (χ0) is 11.8. The molecule has 4 heteroatoms. The highest BCUT2D eigenvalue weighted by Gasteiger charge is 2.16. The Hall–Kier alpha value is -1.50. The van der Waals surface area contributed by atoms with Gasteiger partial charge >= 0.3 is 0 Å². The number of allylic oxidation sites excluding steroid dienone is 1. The number of rotatable bonds is 6. The molecule has 0 aliphatic carbocycles. The molecule has 0 saturated carbocycles. The molecular formula is C11H19N3O. The summed E-state index contributed by atoms with van der Waals surface area (Å²) >= 11 is 0. The van der Waals surface area contributed by atoms with Gasteiger partial charge in [0.15, 0.2) is 0 Å². The number of hydrogen-bond donors (Lipinski definition) is 2. The van der Waals surface area contributed by atoms with Crippen molar-refractivity contribution in [2.75, 3.05) is 0 Å². The van der Waals surface area contributed by atoms with E-state index in [1.165, 1.54) is 0 Å². The van der Waals surface area contributed by atoms with E-state index in [1.54, 1.807) is 6.07 Å². The fourth-order valence-corrected chi connectivity index (χ4v) is 1.50. The minimum Gasteiger partial charge on any atom is -0.401 e. The Labute approximate surface area is 90.9 Å². The van der Waals surface area contributed by atoms with Gasteiger partial charge in [0.05, 0.1) is 0 Å². The van der Waals surface area contributed by atoms with Crippen molar-refractivity contribution in [3.63, 3.8) is 0 Å². The molecule has 0 radical (unpaired) electrons. The highest BCUT2D eigenvalue weighted by molar-refractivity contribution is 5.96. The summed E-state index contributed by atoms with van der Waals surface area (Å²) in [6.07, 6.45) is 3.83. The van der Waals surface area contributed by atoms with E-state index in [9.17, 15) is 4.79 Å². The van der Waals surface area contributed by atoms with Gasteiger partial charge in [0.25, 0.3) is 5.91 Å². The average molecular weight is 209 g/mol. The van der Waals surface area contributed by atoms with Gasteiger partial charge in [-0.3, -0.25) is 4.79 Å². The van der Waals surface area contributed by atoms with Gasteiger partial charge in [0.1, 0.15) is 11.6 Å². The normalized spacial score (nSPS) is 13.9. The molecule has 0 aromatic carbocycles. The zero-order valence-corrected chi connectivity index (χ0v) is 9.42. The molecule has 0 bridgehead atoms. The number of nitrogens with two attached hydrogens (primary N) is 2. The van der Waals surface area contributed by atoms with E-state index < -0.39 is 5.91 Å². The predicted octanol–water partition coefficient (Wildman–Crippen LogP) is 1.42. The lowest BCUT2D eigenvalue weighted by Crippen LogP contribution is -2.22. The zero-order valence-electron chi connectivity index (χ0n) is 9.42. The van der Waals surface area contributed by atoms with Crippen molar-refractivity contribution in [2.24, 2.45) is 17.4 Å². The maximum Gasteiger partial charge on any atom is 0.261 e. The fourth-order valence-electron chi connectivity index (χ4n) is 1.50. The lowest BCUT2D eigenvalue weighted by Gasteiger charge is -2.15. The summed E-state index contributed by atoms with van der Waals surface area (Å²) in [7, 11) is 0. The van der Waals surface area contributed by atoms with Crippen LogP contribution >= 0.6 is 0 Å². The van der Waals surface area contributed by atoms with Crippen LogP contribution < -0.4 is 11.5 Å². The number of nitrogens with zero attached hydrogens (tertiary/aromatic N) is 1. The lowest BCUT2D eigenvalue weighted by molar-refractivity contribution is -0.114. The smallest absolute Gasteiger partial charge is 0.261 e. The monoisotopic (exact) mass is 209 g/mol.